The summed E-state index contributed by atoms with van der Waals surface area (Å²) in [5.74, 6) is 0.762. The smallest absolute Gasteiger partial charge is 0.234 e. The molecule has 0 atom stereocenters. The van der Waals surface area contributed by atoms with E-state index in [1.54, 1.807) is 7.05 Å². The van der Waals surface area contributed by atoms with Crippen molar-refractivity contribution in [2.45, 2.75) is 0 Å². The summed E-state index contributed by atoms with van der Waals surface area (Å²) in [6.45, 7) is 1.30. The topological polar surface area (TPSA) is 50.4 Å². The van der Waals surface area contributed by atoms with Gasteiger partial charge < -0.3 is 15.4 Å². The van der Waals surface area contributed by atoms with E-state index in [0.29, 0.717) is 19.7 Å². The van der Waals surface area contributed by atoms with Crippen LogP contribution in [0.2, 0.25) is 0 Å². The van der Waals surface area contributed by atoms with Crippen LogP contribution in [-0.4, -0.2) is 32.7 Å². The number of hydrogen-bond acceptors (Lipinski definition) is 3. The summed E-state index contributed by atoms with van der Waals surface area (Å²) in [5.41, 5.74) is 0. The molecule has 0 saturated heterocycles. The van der Waals surface area contributed by atoms with Crippen LogP contribution in [0.4, 0.5) is 0 Å². The Bertz CT molecular complexity index is 350. The van der Waals surface area contributed by atoms with Crippen molar-refractivity contribution in [2.24, 2.45) is 0 Å². The Morgan fingerprint density at radius 2 is 2.24 bits per heavy atom. The predicted octanol–water partition coefficient (Wildman–Crippen LogP) is 1.59. The maximum atomic E-state index is 11.1. The molecule has 0 heterocycles. The Kier molecular flexibility index (Phi) is 8.85. The monoisotopic (exact) mass is 322 g/mol. The minimum Gasteiger partial charge on any atom is -0.492 e. The summed E-state index contributed by atoms with van der Waals surface area (Å²) in [5, 5.41) is 5.50. The summed E-state index contributed by atoms with van der Waals surface area (Å²) >= 11 is 3.36. The first kappa shape index (κ1) is 16.2. The Labute approximate surface area is 116 Å². The number of carbonyl (C=O) groups excluding carboxylic acids is 1. The number of halogens is 2. The highest BCUT2D eigenvalue weighted by atomic mass is 79.9. The lowest BCUT2D eigenvalue weighted by Crippen LogP contribution is -2.34. The zero-order chi connectivity index (χ0) is 11.8. The van der Waals surface area contributed by atoms with Gasteiger partial charge in [0.2, 0.25) is 5.91 Å². The van der Waals surface area contributed by atoms with Gasteiger partial charge in [0, 0.05) is 4.47 Å². The standard InChI is InChI=1S/C11H15BrN2O2.ClH/c1-13-8-11(15)14-5-6-16-10-4-2-3-9(12)7-10;/h2-4,7,13H,5-6,8H2,1H3,(H,14,15);1H. The molecule has 0 aromatic heterocycles. The zero-order valence-corrected chi connectivity index (χ0v) is 11.9. The summed E-state index contributed by atoms with van der Waals surface area (Å²) < 4.78 is 6.43. The van der Waals surface area contributed by atoms with E-state index < -0.39 is 0 Å². The first-order valence-electron chi connectivity index (χ1n) is 5.02. The second-order valence-corrected chi connectivity index (χ2v) is 4.10. The Morgan fingerprint density at radius 3 is 2.88 bits per heavy atom. The molecule has 0 bridgehead atoms. The minimum absolute atomic E-state index is 0. The van der Waals surface area contributed by atoms with Gasteiger partial charge in [-0.3, -0.25) is 4.79 Å². The van der Waals surface area contributed by atoms with E-state index in [2.05, 4.69) is 26.6 Å². The maximum absolute atomic E-state index is 11.1. The second kappa shape index (κ2) is 9.27. The summed E-state index contributed by atoms with van der Waals surface area (Å²) in [6, 6.07) is 7.59. The summed E-state index contributed by atoms with van der Waals surface area (Å²) in [7, 11) is 1.73. The molecule has 0 spiro atoms. The van der Waals surface area contributed by atoms with E-state index in [1.165, 1.54) is 0 Å². The molecule has 2 N–H and O–H groups in total. The maximum Gasteiger partial charge on any atom is 0.234 e. The van der Waals surface area contributed by atoms with Crippen molar-refractivity contribution in [3.05, 3.63) is 28.7 Å². The largest absolute Gasteiger partial charge is 0.492 e. The Hall–Kier alpha value is -0.780. The molecule has 0 unspecified atom stereocenters. The van der Waals surface area contributed by atoms with Crippen molar-refractivity contribution in [3.63, 3.8) is 0 Å². The van der Waals surface area contributed by atoms with Gasteiger partial charge in [0.05, 0.1) is 13.1 Å². The van der Waals surface area contributed by atoms with Gasteiger partial charge in [-0.25, -0.2) is 0 Å². The molecular formula is C11H16BrClN2O2. The zero-order valence-electron chi connectivity index (χ0n) is 9.53. The van der Waals surface area contributed by atoms with Crippen LogP contribution in [-0.2, 0) is 4.79 Å². The molecule has 0 aliphatic heterocycles. The third kappa shape index (κ3) is 7.20. The van der Waals surface area contributed by atoms with Gasteiger partial charge in [-0.1, -0.05) is 22.0 Å². The van der Waals surface area contributed by atoms with E-state index in [9.17, 15) is 4.79 Å². The van der Waals surface area contributed by atoms with Crippen LogP contribution in [0.3, 0.4) is 0 Å². The first-order chi connectivity index (χ1) is 7.72. The molecule has 0 radical (unpaired) electrons. The number of likely N-dealkylation sites (N-methyl/N-ethyl adjacent to an activating group) is 1. The highest BCUT2D eigenvalue weighted by molar-refractivity contribution is 9.10. The fourth-order valence-corrected chi connectivity index (χ4v) is 1.52. The van der Waals surface area contributed by atoms with E-state index in [-0.39, 0.29) is 18.3 Å². The van der Waals surface area contributed by atoms with E-state index in [0.717, 1.165) is 10.2 Å². The number of rotatable bonds is 6. The molecule has 1 rings (SSSR count). The van der Waals surface area contributed by atoms with Crippen LogP contribution in [0.25, 0.3) is 0 Å². The fourth-order valence-electron chi connectivity index (χ4n) is 1.14. The molecule has 17 heavy (non-hydrogen) atoms. The van der Waals surface area contributed by atoms with Crippen LogP contribution in [0, 0.1) is 0 Å². The third-order valence-corrected chi connectivity index (χ3v) is 2.32. The van der Waals surface area contributed by atoms with Gasteiger partial charge in [-0.05, 0) is 25.2 Å². The minimum atomic E-state index is -0.0275. The van der Waals surface area contributed by atoms with Crippen molar-refractivity contribution in [3.8, 4) is 5.75 Å². The highest BCUT2D eigenvalue weighted by Gasteiger charge is 1.98. The number of hydrogen-bond donors (Lipinski definition) is 2. The van der Waals surface area contributed by atoms with Crippen LogP contribution in [0.5, 0.6) is 5.75 Å². The van der Waals surface area contributed by atoms with Crippen LogP contribution >= 0.6 is 28.3 Å². The summed E-state index contributed by atoms with van der Waals surface area (Å²) in [4.78, 5) is 11.1. The van der Waals surface area contributed by atoms with E-state index >= 15 is 0 Å². The molecule has 4 nitrogen and oxygen atoms in total. The fraction of sp³-hybridized carbons (Fsp3) is 0.364. The van der Waals surface area contributed by atoms with Gasteiger partial charge in [-0.2, -0.15) is 0 Å². The third-order valence-electron chi connectivity index (χ3n) is 1.83. The second-order valence-electron chi connectivity index (χ2n) is 3.19. The van der Waals surface area contributed by atoms with Crippen LogP contribution in [0.1, 0.15) is 0 Å². The van der Waals surface area contributed by atoms with Crippen LogP contribution < -0.4 is 15.4 Å². The van der Waals surface area contributed by atoms with Gasteiger partial charge in [0.1, 0.15) is 12.4 Å². The molecular weight excluding hydrogens is 307 g/mol. The predicted molar refractivity (Wildman–Crippen MR) is 73.8 cm³/mol. The average Bonchev–Trinajstić information content (AvgIpc) is 2.25. The van der Waals surface area contributed by atoms with Crippen molar-refractivity contribution in [2.75, 3.05) is 26.7 Å². The van der Waals surface area contributed by atoms with Crippen molar-refractivity contribution >= 4 is 34.2 Å². The Balaban J connectivity index is 0.00000256. The molecule has 0 saturated carbocycles. The molecule has 1 amide bonds. The van der Waals surface area contributed by atoms with E-state index in [4.69, 9.17) is 4.74 Å². The lowest BCUT2D eigenvalue weighted by atomic mass is 10.3. The quantitative estimate of drug-likeness (QED) is 0.782. The average molecular weight is 324 g/mol. The van der Waals surface area contributed by atoms with Gasteiger partial charge in [-0.15, -0.1) is 12.4 Å². The van der Waals surface area contributed by atoms with Gasteiger partial charge >= 0.3 is 0 Å². The van der Waals surface area contributed by atoms with Crippen LogP contribution in [0.15, 0.2) is 28.7 Å². The molecule has 96 valence electrons. The van der Waals surface area contributed by atoms with Gasteiger partial charge in [0.15, 0.2) is 0 Å². The lowest BCUT2D eigenvalue weighted by Gasteiger charge is -2.07. The SMILES string of the molecule is CNCC(=O)NCCOc1cccc(Br)c1.Cl. The molecule has 0 aliphatic carbocycles. The normalized spacial score (nSPS) is 9.29. The van der Waals surface area contributed by atoms with Gasteiger partial charge in [0.25, 0.3) is 0 Å². The van der Waals surface area contributed by atoms with Crippen molar-refractivity contribution < 1.29 is 9.53 Å². The van der Waals surface area contributed by atoms with Crippen molar-refractivity contribution in [1.82, 2.24) is 10.6 Å². The molecule has 1 aromatic carbocycles. The lowest BCUT2D eigenvalue weighted by molar-refractivity contribution is -0.120. The molecule has 0 aliphatic rings. The number of carbonyl (C=O) groups is 1. The first-order valence-corrected chi connectivity index (χ1v) is 5.81. The molecule has 6 heteroatoms. The number of benzene rings is 1. The number of nitrogens with one attached hydrogen (secondary N) is 2. The number of amides is 1. The Morgan fingerprint density at radius 1 is 1.47 bits per heavy atom. The van der Waals surface area contributed by atoms with E-state index in [1.807, 2.05) is 24.3 Å². The number of ether oxygens (including phenoxy) is 1. The highest BCUT2D eigenvalue weighted by Crippen LogP contribution is 2.17. The van der Waals surface area contributed by atoms with Crippen molar-refractivity contribution in [1.29, 1.82) is 0 Å². The molecule has 1 aromatic rings. The summed E-state index contributed by atoms with van der Waals surface area (Å²) in [6.07, 6.45) is 0. The molecule has 0 fully saturated rings.